The number of aromatic nitrogens is 4. The van der Waals surface area contributed by atoms with Gasteiger partial charge in [-0.15, -0.1) is 0 Å². The van der Waals surface area contributed by atoms with E-state index >= 15 is 0 Å². The number of H-pyrrole nitrogens is 1. The number of rotatable bonds is 3. The van der Waals surface area contributed by atoms with E-state index in [1.54, 1.807) is 30.9 Å². The summed E-state index contributed by atoms with van der Waals surface area (Å²) in [5.74, 6) is 0. The van der Waals surface area contributed by atoms with Gasteiger partial charge in [0, 0.05) is 35.2 Å². The molecule has 0 aliphatic rings. The second-order valence-electron chi connectivity index (χ2n) is 5.23. The Morgan fingerprint density at radius 2 is 1.83 bits per heavy atom. The summed E-state index contributed by atoms with van der Waals surface area (Å²) < 4.78 is 0. The fourth-order valence-electron chi connectivity index (χ4n) is 2.57. The first-order valence-corrected chi connectivity index (χ1v) is 7.35. The van der Waals surface area contributed by atoms with Crippen molar-refractivity contribution in [3.63, 3.8) is 0 Å². The average molecular weight is 312 g/mol. The van der Waals surface area contributed by atoms with E-state index in [9.17, 15) is 5.26 Å². The molecule has 0 radical (unpaired) electrons. The molecule has 0 unspecified atom stereocenters. The molecule has 0 spiro atoms. The molecule has 6 heteroatoms. The second-order valence-corrected chi connectivity index (χ2v) is 5.23. The van der Waals surface area contributed by atoms with Gasteiger partial charge in [0.15, 0.2) is 0 Å². The van der Waals surface area contributed by atoms with Crippen LogP contribution < -0.4 is 5.32 Å². The molecule has 3 heterocycles. The fraction of sp³-hybridized carbons (Fsp3) is 0. The fourth-order valence-corrected chi connectivity index (χ4v) is 2.57. The molecule has 114 valence electrons. The lowest BCUT2D eigenvalue weighted by Crippen LogP contribution is -1.94. The van der Waals surface area contributed by atoms with E-state index in [-0.39, 0.29) is 0 Å². The van der Waals surface area contributed by atoms with Crippen LogP contribution in [0.15, 0.2) is 61.2 Å². The number of nitrogens with zero attached hydrogens (tertiary/aromatic N) is 4. The lowest BCUT2D eigenvalue weighted by Gasteiger charge is -2.08. The highest BCUT2D eigenvalue weighted by atomic mass is 15.1. The molecule has 0 aliphatic carbocycles. The lowest BCUT2D eigenvalue weighted by molar-refractivity contribution is 1.12. The van der Waals surface area contributed by atoms with Crippen molar-refractivity contribution >= 4 is 22.3 Å². The third kappa shape index (κ3) is 2.44. The highest BCUT2D eigenvalue weighted by molar-refractivity contribution is 5.95. The SMILES string of the molecule is N#Cc1ccncc1Nc1ccc2[nH]nc(-c3ccncc3)c2c1. The number of hydrogen-bond donors (Lipinski definition) is 2. The number of pyridine rings is 2. The van der Waals surface area contributed by atoms with Gasteiger partial charge in [0.25, 0.3) is 0 Å². The van der Waals surface area contributed by atoms with Crippen LogP contribution in [0.4, 0.5) is 11.4 Å². The van der Waals surface area contributed by atoms with Crippen LogP contribution in [0.5, 0.6) is 0 Å². The number of benzene rings is 1. The first-order valence-electron chi connectivity index (χ1n) is 7.35. The molecule has 4 rings (SSSR count). The molecule has 0 bridgehead atoms. The Morgan fingerprint density at radius 3 is 2.67 bits per heavy atom. The highest BCUT2D eigenvalue weighted by Crippen LogP contribution is 2.29. The number of anilines is 2. The Bertz CT molecular complexity index is 1050. The maximum absolute atomic E-state index is 9.19. The molecule has 1 aromatic carbocycles. The van der Waals surface area contributed by atoms with Crippen molar-refractivity contribution in [2.24, 2.45) is 0 Å². The summed E-state index contributed by atoms with van der Waals surface area (Å²) in [6.45, 7) is 0. The Hall–Kier alpha value is -3.72. The van der Waals surface area contributed by atoms with Crippen LogP contribution in [0, 0.1) is 11.3 Å². The van der Waals surface area contributed by atoms with Gasteiger partial charge < -0.3 is 5.32 Å². The van der Waals surface area contributed by atoms with E-state index < -0.39 is 0 Å². The van der Waals surface area contributed by atoms with Crippen LogP contribution >= 0.6 is 0 Å². The molecule has 0 saturated carbocycles. The molecule has 0 fully saturated rings. The van der Waals surface area contributed by atoms with Crippen molar-refractivity contribution in [1.82, 2.24) is 20.2 Å². The number of aromatic amines is 1. The standard InChI is InChI=1S/C18H12N6/c19-10-13-5-8-21-11-17(13)22-14-1-2-16-15(9-14)18(24-23-16)12-3-6-20-7-4-12/h1-9,11,22H,(H,23,24). The van der Waals surface area contributed by atoms with E-state index in [2.05, 4.69) is 31.6 Å². The van der Waals surface area contributed by atoms with Crippen molar-refractivity contribution in [2.45, 2.75) is 0 Å². The lowest BCUT2D eigenvalue weighted by atomic mass is 10.1. The number of nitriles is 1. The van der Waals surface area contributed by atoms with E-state index in [4.69, 9.17) is 0 Å². The van der Waals surface area contributed by atoms with Crippen LogP contribution in [0.1, 0.15) is 5.56 Å². The van der Waals surface area contributed by atoms with Crippen molar-refractivity contribution in [3.05, 3.63) is 66.7 Å². The Labute approximate surface area is 137 Å². The van der Waals surface area contributed by atoms with Crippen LogP contribution in [-0.4, -0.2) is 20.2 Å². The topological polar surface area (TPSA) is 90.3 Å². The van der Waals surface area contributed by atoms with Gasteiger partial charge in [-0.3, -0.25) is 15.1 Å². The predicted octanol–water partition coefficient (Wildman–Crippen LogP) is 3.64. The zero-order valence-electron chi connectivity index (χ0n) is 12.6. The molecule has 4 aromatic rings. The summed E-state index contributed by atoms with van der Waals surface area (Å²) in [7, 11) is 0. The van der Waals surface area contributed by atoms with Gasteiger partial charge in [0.1, 0.15) is 11.8 Å². The van der Waals surface area contributed by atoms with Crippen molar-refractivity contribution < 1.29 is 0 Å². The minimum absolute atomic E-state index is 0.548. The molecule has 3 aromatic heterocycles. The highest BCUT2D eigenvalue weighted by Gasteiger charge is 2.09. The van der Waals surface area contributed by atoms with Crippen molar-refractivity contribution in [2.75, 3.05) is 5.32 Å². The first kappa shape index (κ1) is 13.9. The van der Waals surface area contributed by atoms with Gasteiger partial charge in [-0.2, -0.15) is 10.4 Å². The summed E-state index contributed by atoms with van der Waals surface area (Å²) >= 11 is 0. The molecular weight excluding hydrogens is 300 g/mol. The quantitative estimate of drug-likeness (QED) is 0.603. The molecule has 0 saturated heterocycles. The minimum atomic E-state index is 0.548. The van der Waals surface area contributed by atoms with Gasteiger partial charge in [-0.05, 0) is 36.4 Å². The predicted molar refractivity (Wildman–Crippen MR) is 91.6 cm³/mol. The normalized spacial score (nSPS) is 10.5. The van der Waals surface area contributed by atoms with Crippen LogP contribution in [0.2, 0.25) is 0 Å². The maximum Gasteiger partial charge on any atom is 0.101 e. The summed E-state index contributed by atoms with van der Waals surface area (Å²) in [6.07, 6.45) is 6.73. The number of hydrogen-bond acceptors (Lipinski definition) is 5. The molecular formula is C18H12N6. The van der Waals surface area contributed by atoms with Crippen LogP contribution in [0.3, 0.4) is 0 Å². The Morgan fingerprint density at radius 1 is 1.00 bits per heavy atom. The molecule has 2 N–H and O–H groups in total. The van der Waals surface area contributed by atoms with Gasteiger partial charge in [-0.25, -0.2) is 0 Å². The van der Waals surface area contributed by atoms with E-state index in [0.717, 1.165) is 27.8 Å². The summed E-state index contributed by atoms with van der Waals surface area (Å²) in [5.41, 5.74) is 4.89. The third-order valence-electron chi connectivity index (χ3n) is 3.74. The van der Waals surface area contributed by atoms with Crippen LogP contribution in [0.25, 0.3) is 22.2 Å². The first-order chi connectivity index (χ1) is 11.8. The average Bonchev–Trinajstić information content (AvgIpc) is 3.06. The molecule has 0 aliphatic heterocycles. The van der Waals surface area contributed by atoms with Crippen molar-refractivity contribution in [3.8, 4) is 17.3 Å². The third-order valence-corrected chi connectivity index (χ3v) is 3.74. The summed E-state index contributed by atoms with van der Waals surface area (Å²) in [6, 6.07) is 13.6. The van der Waals surface area contributed by atoms with Gasteiger partial charge in [0.2, 0.25) is 0 Å². The largest absolute Gasteiger partial charge is 0.353 e. The minimum Gasteiger partial charge on any atom is -0.353 e. The van der Waals surface area contributed by atoms with E-state index in [1.807, 2.05) is 30.3 Å². The van der Waals surface area contributed by atoms with E-state index in [1.165, 1.54) is 0 Å². The monoisotopic (exact) mass is 312 g/mol. The molecule has 0 amide bonds. The van der Waals surface area contributed by atoms with Gasteiger partial charge in [-0.1, -0.05) is 0 Å². The number of fused-ring (bicyclic) bond motifs is 1. The molecule has 24 heavy (non-hydrogen) atoms. The molecule has 0 atom stereocenters. The molecule has 6 nitrogen and oxygen atoms in total. The summed E-state index contributed by atoms with van der Waals surface area (Å²) in [5, 5.41) is 20.9. The van der Waals surface area contributed by atoms with Gasteiger partial charge >= 0.3 is 0 Å². The van der Waals surface area contributed by atoms with Gasteiger partial charge in [0.05, 0.1) is 23.0 Å². The van der Waals surface area contributed by atoms with Crippen molar-refractivity contribution in [1.29, 1.82) is 5.26 Å². The zero-order chi connectivity index (χ0) is 16.4. The zero-order valence-corrected chi connectivity index (χ0v) is 12.6. The Kier molecular flexibility index (Phi) is 3.37. The Balaban J connectivity index is 1.77. The maximum atomic E-state index is 9.19. The summed E-state index contributed by atoms with van der Waals surface area (Å²) in [4.78, 5) is 8.11. The number of nitrogens with one attached hydrogen (secondary N) is 2. The van der Waals surface area contributed by atoms with Crippen LogP contribution in [-0.2, 0) is 0 Å². The second kappa shape index (κ2) is 5.82. The van der Waals surface area contributed by atoms with E-state index in [0.29, 0.717) is 11.3 Å². The smallest absolute Gasteiger partial charge is 0.101 e.